The number of carbonyl (C=O) groups excluding carboxylic acids is 5. The normalized spacial score (nSPS) is 12.1. The molecule has 0 saturated carbocycles. The molecule has 0 unspecified atom stereocenters. The fourth-order valence-corrected chi connectivity index (χ4v) is 20.1. The number of ether oxygens (including phenoxy) is 2. The van der Waals surface area contributed by atoms with E-state index in [1.807, 2.05) is 52.4 Å². The van der Waals surface area contributed by atoms with Gasteiger partial charge in [0.1, 0.15) is 12.5 Å². The molecule has 0 aliphatic carbocycles. The van der Waals surface area contributed by atoms with E-state index in [1.54, 1.807) is 0 Å². The van der Waals surface area contributed by atoms with Crippen molar-refractivity contribution in [2.75, 3.05) is 77.4 Å². The Morgan fingerprint density at radius 3 is 1.17 bits per heavy atom. The molecule has 0 bridgehead atoms. The van der Waals surface area contributed by atoms with Gasteiger partial charge >= 0.3 is 30.0 Å². The number of carbonyl (C=O) groups is 5. The Bertz CT molecular complexity index is 1170. The molecule has 0 aromatic rings. The second-order valence-electron chi connectivity index (χ2n) is 17.6. The summed E-state index contributed by atoms with van der Waals surface area (Å²) in [5.74, 6) is -0.558. The maximum Gasteiger partial charge on any atom is 0.325 e. The number of esters is 2. The van der Waals surface area contributed by atoms with Crippen LogP contribution in [0.15, 0.2) is 0 Å². The van der Waals surface area contributed by atoms with Crippen LogP contribution < -0.4 is 16.0 Å². The van der Waals surface area contributed by atoms with E-state index in [9.17, 15) is 34.2 Å². The number of hydrogen-bond acceptors (Lipinski definition) is 13. The average Bonchev–Trinajstić information content (AvgIpc) is 3.17. The van der Waals surface area contributed by atoms with Crippen LogP contribution in [0.2, 0.25) is 52.4 Å². The fourth-order valence-electron chi connectivity index (χ4n) is 6.08. The molecule has 0 atom stereocenters. The highest BCUT2D eigenvalue weighted by molar-refractivity contribution is 6.85. The first-order valence-corrected chi connectivity index (χ1v) is 34.1. The van der Waals surface area contributed by atoms with Gasteiger partial charge in [0.05, 0.1) is 25.7 Å². The molecule has 0 spiro atoms. The number of amides is 6. The molecule has 0 aliphatic heterocycles. The zero-order valence-electron chi connectivity index (χ0n) is 38.0. The smallest absolute Gasteiger partial charge is 0.325 e. The first kappa shape index (κ1) is 57.6. The number of imide groups is 1. The van der Waals surface area contributed by atoms with Crippen molar-refractivity contribution in [1.29, 1.82) is 0 Å². The van der Waals surface area contributed by atoms with Crippen molar-refractivity contribution in [3.63, 3.8) is 0 Å². The van der Waals surface area contributed by atoms with Gasteiger partial charge in [0.15, 0.2) is 16.6 Å². The summed E-state index contributed by atoms with van der Waals surface area (Å²) in [7, 11) is -8.83. The number of hydrogen-bond donors (Lipinski definition) is 7. The van der Waals surface area contributed by atoms with Crippen molar-refractivity contribution in [2.45, 2.75) is 136 Å². The van der Waals surface area contributed by atoms with E-state index in [0.29, 0.717) is 64.6 Å². The molecule has 352 valence electrons. The van der Waals surface area contributed by atoms with Crippen LogP contribution in [0.1, 0.15) is 83.5 Å². The van der Waals surface area contributed by atoms with Crippen LogP contribution >= 0.6 is 0 Å². The fraction of sp³-hybridized carbons (Fsp3) is 0.868. The van der Waals surface area contributed by atoms with Crippen molar-refractivity contribution < 1.29 is 62.1 Å². The number of unbranched alkanes of at least 4 members (excludes halogenated alkanes) is 8. The number of urea groups is 3. The van der Waals surface area contributed by atoms with Crippen LogP contribution in [0, 0.1) is 0 Å². The van der Waals surface area contributed by atoms with Crippen LogP contribution in [-0.4, -0.2) is 171 Å². The minimum absolute atomic E-state index is 0.0150. The Kier molecular flexibility index (Phi) is 30.2. The monoisotopic (exact) mass is 927 g/mol. The summed E-state index contributed by atoms with van der Waals surface area (Å²) in [5, 5.41) is 45.8. The van der Waals surface area contributed by atoms with Gasteiger partial charge in [-0.15, -0.1) is 0 Å². The quantitative estimate of drug-likeness (QED) is 0.0276. The Morgan fingerprint density at radius 1 is 0.450 bits per heavy atom. The van der Waals surface area contributed by atoms with Gasteiger partial charge in [0.2, 0.25) is 16.6 Å². The molecular formula is C38H81N5O13Si4. The SMILES string of the molecule is C[Si](C)(CO)O[Si](C)(C)COC(=O)CCCCCCNC(=O)N(CCCCCNC(=O)N(CCO)CCO)C(=O)NCCCCCCC(=O)OC[Si](C)(C)O[Si](C)(C)CO. The summed E-state index contributed by atoms with van der Waals surface area (Å²) in [5.41, 5.74) is 0. The van der Waals surface area contributed by atoms with Gasteiger partial charge in [-0.3, -0.25) is 9.59 Å². The largest absolute Gasteiger partial charge is 0.466 e. The van der Waals surface area contributed by atoms with Crippen LogP contribution in [0.5, 0.6) is 0 Å². The predicted molar refractivity (Wildman–Crippen MR) is 241 cm³/mol. The highest BCUT2D eigenvalue weighted by Gasteiger charge is 2.35. The molecule has 6 amide bonds. The highest BCUT2D eigenvalue weighted by Crippen LogP contribution is 2.16. The Labute approximate surface area is 363 Å². The van der Waals surface area contributed by atoms with Gasteiger partial charge in [0.25, 0.3) is 0 Å². The Hall–Kier alpha value is -2.42. The lowest BCUT2D eigenvalue weighted by Crippen LogP contribution is -2.50. The van der Waals surface area contributed by atoms with Crippen molar-refractivity contribution in [3.8, 4) is 0 Å². The predicted octanol–water partition coefficient (Wildman–Crippen LogP) is 3.86. The van der Waals surface area contributed by atoms with Gasteiger partial charge in [-0.2, -0.15) is 0 Å². The van der Waals surface area contributed by atoms with Crippen molar-refractivity contribution in [2.24, 2.45) is 0 Å². The third-order valence-corrected chi connectivity index (χ3v) is 21.1. The number of nitrogens with zero attached hydrogens (tertiary/aromatic N) is 2. The molecule has 7 N–H and O–H groups in total. The molecule has 0 aromatic carbocycles. The minimum Gasteiger partial charge on any atom is -0.466 e. The molecule has 0 radical (unpaired) electrons. The summed E-state index contributed by atoms with van der Waals surface area (Å²) in [6, 6.07) is -1.40. The Morgan fingerprint density at radius 2 is 0.800 bits per heavy atom. The highest BCUT2D eigenvalue weighted by atomic mass is 28.4. The average molecular weight is 928 g/mol. The van der Waals surface area contributed by atoms with Gasteiger partial charge in [-0.1, -0.05) is 25.7 Å². The van der Waals surface area contributed by atoms with E-state index < -0.39 is 45.3 Å². The van der Waals surface area contributed by atoms with E-state index in [0.717, 1.165) is 30.6 Å². The second kappa shape index (κ2) is 31.4. The van der Waals surface area contributed by atoms with Gasteiger partial charge in [-0.05, 0) is 97.3 Å². The zero-order chi connectivity index (χ0) is 45.7. The van der Waals surface area contributed by atoms with Crippen LogP contribution in [0.25, 0.3) is 0 Å². The number of aliphatic hydroxyl groups excluding tert-OH is 4. The third kappa shape index (κ3) is 29.8. The zero-order valence-corrected chi connectivity index (χ0v) is 42.0. The lowest BCUT2D eigenvalue weighted by atomic mass is 10.1. The third-order valence-electron chi connectivity index (χ3n) is 9.05. The molecule has 0 heterocycles. The second-order valence-corrected chi connectivity index (χ2v) is 34.5. The summed E-state index contributed by atoms with van der Waals surface area (Å²) >= 11 is 0. The maximum absolute atomic E-state index is 13.2. The molecule has 60 heavy (non-hydrogen) atoms. The van der Waals surface area contributed by atoms with Crippen molar-refractivity contribution in [3.05, 3.63) is 0 Å². The lowest BCUT2D eigenvalue weighted by molar-refractivity contribution is -0.143. The standard InChI is InChI=1S/C38H81N5O13Si4/c1-57(2,30-46)55-59(5,6)32-53-34(48)20-14-9-11-16-23-40-37(51)43(25-19-13-18-22-39-36(50)42(26-28-44)27-29-45)38(52)41-24-17-12-10-15-21-35(49)54-33-60(7,8)56-58(3,4)31-47/h44-47H,9-33H2,1-8H3,(H,39,50)(H,40,51)(H,41,52). The van der Waals surface area contributed by atoms with Crippen LogP contribution in [-0.2, 0) is 27.3 Å². The lowest BCUT2D eigenvalue weighted by Gasteiger charge is -2.32. The molecule has 18 nitrogen and oxygen atoms in total. The molecule has 0 saturated heterocycles. The van der Waals surface area contributed by atoms with Crippen molar-refractivity contribution >= 4 is 63.3 Å². The summed E-state index contributed by atoms with van der Waals surface area (Å²) in [4.78, 5) is 65.7. The first-order valence-electron chi connectivity index (χ1n) is 21.6. The van der Waals surface area contributed by atoms with Gasteiger partial charge in [-0.25, -0.2) is 19.3 Å². The molecular weight excluding hydrogens is 847 g/mol. The van der Waals surface area contributed by atoms with Crippen molar-refractivity contribution in [1.82, 2.24) is 25.8 Å². The summed E-state index contributed by atoms with van der Waals surface area (Å²) in [6.07, 6.45) is 8.54. The van der Waals surface area contributed by atoms with E-state index in [4.69, 9.17) is 27.9 Å². The minimum atomic E-state index is -2.24. The first-order chi connectivity index (χ1) is 28.1. The molecule has 0 rings (SSSR count). The number of rotatable bonds is 34. The van der Waals surface area contributed by atoms with E-state index in [-0.39, 0.29) is 88.6 Å². The number of nitrogens with one attached hydrogen (secondary N) is 3. The van der Waals surface area contributed by atoms with E-state index >= 15 is 0 Å². The van der Waals surface area contributed by atoms with Crippen LogP contribution in [0.4, 0.5) is 14.4 Å². The van der Waals surface area contributed by atoms with Gasteiger partial charge in [0, 0.05) is 52.1 Å². The topological polar surface area (TPSA) is 246 Å². The molecule has 0 aliphatic rings. The summed E-state index contributed by atoms with van der Waals surface area (Å²) in [6.45, 7) is 16.7. The molecule has 0 fully saturated rings. The van der Waals surface area contributed by atoms with Gasteiger partial charge < -0.3 is 59.0 Å². The van der Waals surface area contributed by atoms with Crippen LogP contribution in [0.3, 0.4) is 0 Å². The van der Waals surface area contributed by atoms with E-state index in [2.05, 4.69) is 16.0 Å². The Balaban J connectivity index is 4.79. The molecule has 0 aromatic heterocycles. The summed E-state index contributed by atoms with van der Waals surface area (Å²) < 4.78 is 23.2. The number of aliphatic hydroxyl groups is 4. The maximum atomic E-state index is 13.2. The van der Waals surface area contributed by atoms with E-state index in [1.165, 1.54) is 4.90 Å². The molecule has 22 heteroatoms.